The molecule has 0 atom stereocenters. The molecule has 0 saturated carbocycles. The van der Waals surface area contributed by atoms with Gasteiger partial charge >= 0.3 is 0 Å². The summed E-state index contributed by atoms with van der Waals surface area (Å²) in [6.07, 6.45) is 0. The lowest BCUT2D eigenvalue weighted by atomic mass is 10.0. The maximum Gasteiger partial charge on any atom is 0.258 e. The molecule has 0 aliphatic carbocycles. The van der Waals surface area contributed by atoms with Crippen LogP contribution in [0.4, 0.5) is 5.13 Å². The molecule has 4 aromatic rings. The van der Waals surface area contributed by atoms with Crippen molar-refractivity contribution in [3.05, 3.63) is 70.0 Å². The Morgan fingerprint density at radius 3 is 2.66 bits per heavy atom. The minimum atomic E-state index is -0.189. The van der Waals surface area contributed by atoms with Crippen LogP contribution in [0, 0.1) is 0 Å². The van der Waals surface area contributed by atoms with E-state index >= 15 is 0 Å². The highest BCUT2D eigenvalue weighted by atomic mass is 79.9. The summed E-state index contributed by atoms with van der Waals surface area (Å²) in [7, 11) is 3.19. The second-order valence-corrected chi connectivity index (χ2v) is 8.01. The van der Waals surface area contributed by atoms with E-state index in [9.17, 15) is 4.79 Å². The number of ether oxygens (including phenoxy) is 2. The number of thiazole rings is 1. The molecular weight excluding hydrogens is 452 g/mol. The van der Waals surface area contributed by atoms with E-state index in [1.54, 1.807) is 14.2 Å². The number of methoxy groups -OCH3 is 2. The van der Waals surface area contributed by atoms with Gasteiger partial charge in [-0.15, -0.1) is 11.3 Å². The molecule has 3 aromatic carbocycles. The largest absolute Gasteiger partial charge is 0.493 e. The van der Waals surface area contributed by atoms with E-state index < -0.39 is 0 Å². The first-order valence-corrected chi connectivity index (χ1v) is 10.4. The third-order valence-corrected chi connectivity index (χ3v) is 5.74. The highest BCUT2D eigenvalue weighted by molar-refractivity contribution is 9.10. The fraction of sp³-hybridized carbons (Fsp3) is 0.0909. The van der Waals surface area contributed by atoms with Gasteiger partial charge < -0.3 is 9.47 Å². The molecule has 1 N–H and O–H groups in total. The predicted octanol–water partition coefficient (Wildman–Crippen LogP) is 6.00. The Labute approximate surface area is 180 Å². The molecule has 0 spiro atoms. The molecule has 4 rings (SSSR count). The normalized spacial score (nSPS) is 10.7. The van der Waals surface area contributed by atoms with Crippen LogP contribution in [0.2, 0.25) is 0 Å². The number of nitrogens with one attached hydrogen (secondary N) is 1. The van der Waals surface area contributed by atoms with Crippen LogP contribution in [-0.4, -0.2) is 25.1 Å². The molecule has 146 valence electrons. The minimum absolute atomic E-state index is 0.189. The molecule has 0 saturated heterocycles. The number of rotatable bonds is 5. The van der Waals surface area contributed by atoms with Gasteiger partial charge in [0.15, 0.2) is 16.6 Å². The second-order valence-electron chi connectivity index (χ2n) is 6.23. The lowest BCUT2D eigenvalue weighted by molar-refractivity contribution is 0.102. The first-order valence-electron chi connectivity index (χ1n) is 8.76. The summed E-state index contributed by atoms with van der Waals surface area (Å²) < 4.78 is 11.6. The number of aromatic nitrogens is 1. The van der Waals surface area contributed by atoms with Gasteiger partial charge in [0.2, 0.25) is 0 Å². The fourth-order valence-corrected chi connectivity index (χ4v) is 4.17. The van der Waals surface area contributed by atoms with Gasteiger partial charge in [0.1, 0.15) is 0 Å². The highest BCUT2D eigenvalue weighted by Crippen LogP contribution is 2.33. The van der Waals surface area contributed by atoms with Crippen LogP contribution >= 0.6 is 27.3 Å². The van der Waals surface area contributed by atoms with Crippen molar-refractivity contribution in [3.8, 4) is 22.8 Å². The lowest BCUT2D eigenvalue weighted by Crippen LogP contribution is -2.12. The van der Waals surface area contributed by atoms with E-state index in [0.717, 1.165) is 26.5 Å². The number of hydrogen-bond donors (Lipinski definition) is 1. The lowest BCUT2D eigenvalue weighted by Gasteiger charge is -2.08. The van der Waals surface area contributed by atoms with E-state index in [0.29, 0.717) is 22.2 Å². The molecule has 29 heavy (non-hydrogen) atoms. The summed E-state index contributed by atoms with van der Waals surface area (Å²) in [4.78, 5) is 17.4. The van der Waals surface area contributed by atoms with Crippen molar-refractivity contribution in [1.82, 2.24) is 4.98 Å². The number of nitrogens with zero attached hydrogens (tertiary/aromatic N) is 1. The van der Waals surface area contributed by atoms with Gasteiger partial charge in [-0.25, -0.2) is 4.98 Å². The van der Waals surface area contributed by atoms with Crippen molar-refractivity contribution in [2.45, 2.75) is 0 Å². The molecule has 7 heteroatoms. The van der Waals surface area contributed by atoms with Gasteiger partial charge in [0.05, 0.1) is 19.9 Å². The molecule has 5 nitrogen and oxygen atoms in total. The van der Waals surface area contributed by atoms with Crippen molar-refractivity contribution < 1.29 is 14.3 Å². The highest BCUT2D eigenvalue weighted by Gasteiger charge is 2.14. The van der Waals surface area contributed by atoms with Crippen molar-refractivity contribution in [2.24, 2.45) is 0 Å². The van der Waals surface area contributed by atoms with Crippen molar-refractivity contribution in [3.63, 3.8) is 0 Å². The SMILES string of the molecule is COc1ccc(-c2csc(NC(=O)c3cccc4cc(Br)ccc34)n2)cc1OC. The maximum absolute atomic E-state index is 12.9. The molecule has 1 heterocycles. The monoisotopic (exact) mass is 468 g/mol. The Bertz CT molecular complexity index is 1210. The van der Waals surface area contributed by atoms with Crippen LogP contribution in [0.5, 0.6) is 11.5 Å². The zero-order valence-electron chi connectivity index (χ0n) is 15.7. The Hall–Kier alpha value is -2.90. The van der Waals surface area contributed by atoms with Crippen LogP contribution in [0.25, 0.3) is 22.0 Å². The van der Waals surface area contributed by atoms with E-state index in [-0.39, 0.29) is 5.91 Å². The van der Waals surface area contributed by atoms with Crippen LogP contribution in [0.3, 0.4) is 0 Å². The number of carbonyl (C=O) groups excluding carboxylic acids is 1. The summed E-state index contributed by atoms with van der Waals surface area (Å²) in [6.45, 7) is 0. The third kappa shape index (κ3) is 3.97. The van der Waals surface area contributed by atoms with E-state index in [4.69, 9.17) is 9.47 Å². The maximum atomic E-state index is 12.9. The summed E-state index contributed by atoms with van der Waals surface area (Å²) in [5, 5.41) is 7.23. The standard InChI is InChI=1S/C22H17BrN2O3S/c1-27-19-9-6-14(11-20(19)28-2)18-12-29-22(24-18)25-21(26)17-5-3-4-13-10-15(23)7-8-16(13)17/h3-12H,1-2H3,(H,24,25,26). The van der Waals surface area contributed by atoms with Crippen LogP contribution < -0.4 is 14.8 Å². The molecule has 0 bridgehead atoms. The average Bonchev–Trinajstić information content (AvgIpc) is 3.20. The summed E-state index contributed by atoms with van der Waals surface area (Å²) in [6, 6.07) is 17.1. The number of benzene rings is 3. The zero-order valence-corrected chi connectivity index (χ0v) is 18.1. The number of fused-ring (bicyclic) bond motifs is 1. The van der Waals surface area contributed by atoms with Crippen molar-refractivity contribution >= 4 is 49.1 Å². The molecule has 0 radical (unpaired) electrons. The quantitative estimate of drug-likeness (QED) is 0.390. The number of anilines is 1. The van der Waals surface area contributed by atoms with Gasteiger partial charge in [-0.05, 0) is 47.2 Å². The Kier molecular flexibility index (Phi) is 5.51. The molecule has 1 amide bonds. The summed E-state index contributed by atoms with van der Waals surface area (Å²) in [5.41, 5.74) is 2.25. The van der Waals surface area contributed by atoms with Crippen LogP contribution in [0.1, 0.15) is 10.4 Å². The van der Waals surface area contributed by atoms with Gasteiger partial charge in [-0.2, -0.15) is 0 Å². The summed E-state index contributed by atoms with van der Waals surface area (Å²) >= 11 is 4.84. The first kappa shape index (κ1) is 19.4. The number of hydrogen-bond acceptors (Lipinski definition) is 5. The molecule has 0 unspecified atom stereocenters. The Morgan fingerprint density at radius 1 is 1.03 bits per heavy atom. The number of amides is 1. The van der Waals surface area contributed by atoms with Crippen molar-refractivity contribution in [1.29, 1.82) is 0 Å². The molecule has 0 aliphatic heterocycles. The first-order chi connectivity index (χ1) is 14.1. The molecule has 1 aromatic heterocycles. The second kappa shape index (κ2) is 8.23. The summed E-state index contributed by atoms with van der Waals surface area (Å²) in [5.74, 6) is 1.10. The molecular formula is C22H17BrN2O3S. The molecule has 0 aliphatic rings. The zero-order chi connectivity index (χ0) is 20.4. The van der Waals surface area contributed by atoms with Gasteiger partial charge in [-0.3, -0.25) is 10.1 Å². The number of halogens is 1. The van der Waals surface area contributed by atoms with Gasteiger partial charge in [-0.1, -0.05) is 34.1 Å². The van der Waals surface area contributed by atoms with Crippen LogP contribution in [-0.2, 0) is 0 Å². The number of carbonyl (C=O) groups is 1. The fourth-order valence-electron chi connectivity index (χ4n) is 3.08. The van der Waals surface area contributed by atoms with E-state index in [1.165, 1.54) is 11.3 Å². The smallest absolute Gasteiger partial charge is 0.258 e. The van der Waals surface area contributed by atoms with Gasteiger partial charge in [0.25, 0.3) is 5.91 Å². The predicted molar refractivity (Wildman–Crippen MR) is 120 cm³/mol. The van der Waals surface area contributed by atoms with Crippen molar-refractivity contribution in [2.75, 3.05) is 19.5 Å². The van der Waals surface area contributed by atoms with Crippen LogP contribution in [0.15, 0.2) is 64.5 Å². The Balaban J connectivity index is 1.59. The molecule has 0 fully saturated rings. The van der Waals surface area contributed by atoms with E-state index in [2.05, 4.69) is 26.2 Å². The average molecular weight is 469 g/mol. The topological polar surface area (TPSA) is 60.5 Å². The third-order valence-electron chi connectivity index (χ3n) is 4.49. The minimum Gasteiger partial charge on any atom is -0.493 e. The van der Waals surface area contributed by atoms with Gasteiger partial charge in [0, 0.05) is 21.0 Å². The Morgan fingerprint density at radius 2 is 1.86 bits per heavy atom. The van der Waals surface area contributed by atoms with E-state index in [1.807, 2.05) is 60.0 Å².